The third-order valence-corrected chi connectivity index (χ3v) is 9.24. The smallest absolute Gasteiger partial charge is 0.151 e. The molecule has 5 heterocycles. The molecular formula is C34H51N9O2. The van der Waals surface area contributed by atoms with Crippen LogP contribution in [0.15, 0.2) is 0 Å². The van der Waals surface area contributed by atoms with E-state index in [-0.39, 0.29) is 6.61 Å². The van der Waals surface area contributed by atoms with Crippen molar-refractivity contribution in [2.45, 2.75) is 105 Å². The molecule has 1 saturated heterocycles. The second-order valence-electron chi connectivity index (χ2n) is 13.8. The van der Waals surface area contributed by atoms with Crippen LogP contribution < -0.4 is 11.5 Å². The molecule has 0 atom stereocenters. The Morgan fingerprint density at radius 2 is 1.16 bits per heavy atom. The maximum atomic E-state index is 9.58. The summed E-state index contributed by atoms with van der Waals surface area (Å²) < 4.78 is 10.1. The monoisotopic (exact) mass is 617 g/mol. The van der Waals surface area contributed by atoms with Gasteiger partial charge in [0.25, 0.3) is 0 Å². The number of hydrogen-bond acceptors (Lipinski definition) is 9. The Bertz CT molecular complexity index is 1650. The number of anilines is 2. The first-order valence-corrected chi connectivity index (χ1v) is 17.0. The highest BCUT2D eigenvalue weighted by Gasteiger charge is 2.25. The maximum Gasteiger partial charge on any atom is 0.151 e. The molecule has 0 unspecified atom stereocenters. The average molecular weight is 618 g/mol. The number of aromatic nitrogens is 6. The fraction of sp³-hybridized carbons (Fsp3) is 0.647. The lowest BCUT2D eigenvalue weighted by Gasteiger charge is -2.26. The molecule has 0 amide bonds. The topological polar surface area (TPSA) is 146 Å². The van der Waals surface area contributed by atoms with Gasteiger partial charge in [0.2, 0.25) is 0 Å². The first-order valence-electron chi connectivity index (χ1n) is 17.0. The van der Waals surface area contributed by atoms with Gasteiger partial charge >= 0.3 is 0 Å². The number of pyridine rings is 2. The highest BCUT2D eigenvalue weighted by Crippen LogP contribution is 2.33. The SMILES string of the molecule is CC(C)Cn1c(CN2CCOCC2)nc2c(N)nc3c(c21)CCCC3.CC(C)Cn1c(CO)nc2c(N)nc3c(c21)CCCC3. The van der Waals surface area contributed by atoms with Gasteiger partial charge < -0.3 is 30.4 Å². The van der Waals surface area contributed by atoms with Gasteiger partial charge in [-0.25, -0.2) is 19.9 Å². The van der Waals surface area contributed by atoms with Crippen molar-refractivity contribution in [1.82, 2.24) is 34.0 Å². The van der Waals surface area contributed by atoms with Crippen LogP contribution in [-0.4, -0.2) is 65.4 Å². The molecule has 11 heteroatoms. The van der Waals surface area contributed by atoms with Crippen molar-refractivity contribution in [1.29, 1.82) is 0 Å². The molecule has 0 bridgehead atoms. The van der Waals surface area contributed by atoms with E-state index in [2.05, 4.69) is 51.7 Å². The van der Waals surface area contributed by atoms with E-state index in [1.54, 1.807) is 0 Å². The van der Waals surface area contributed by atoms with Gasteiger partial charge in [-0.1, -0.05) is 27.7 Å². The van der Waals surface area contributed by atoms with Crippen molar-refractivity contribution in [2.24, 2.45) is 11.8 Å². The summed E-state index contributed by atoms with van der Waals surface area (Å²) in [6, 6.07) is 0. The number of aliphatic hydroxyl groups is 1. The standard InChI is InChI=1S/C19H29N5O.C15H22N4O/c1-13(2)11-24-16(12-23-7-9-25-10-8-23)22-17-18(24)14-5-3-4-6-15(14)21-19(17)20;1-9(2)7-19-12(8-20)18-13-14(19)10-5-3-4-6-11(10)17-15(13)16/h13H,3-12H2,1-2H3,(H2,20,21);9,20H,3-8H2,1-2H3,(H2,16,17). The van der Waals surface area contributed by atoms with Crippen LogP contribution >= 0.6 is 0 Å². The first-order chi connectivity index (χ1) is 21.7. The Hall–Kier alpha value is -3.28. The minimum Gasteiger partial charge on any atom is -0.388 e. The number of aryl methyl sites for hydroxylation is 4. The van der Waals surface area contributed by atoms with Crippen LogP contribution in [0.25, 0.3) is 22.1 Å². The van der Waals surface area contributed by atoms with Crippen molar-refractivity contribution in [3.63, 3.8) is 0 Å². The largest absolute Gasteiger partial charge is 0.388 e. The molecule has 4 aromatic rings. The number of aliphatic hydroxyl groups excluding tert-OH is 1. The zero-order chi connectivity index (χ0) is 31.7. The van der Waals surface area contributed by atoms with Gasteiger partial charge in [0, 0.05) is 37.6 Å². The molecule has 0 saturated carbocycles. The number of hydrogen-bond donors (Lipinski definition) is 3. The van der Waals surface area contributed by atoms with Gasteiger partial charge in [0.15, 0.2) is 11.6 Å². The molecule has 11 nitrogen and oxygen atoms in total. The predicted molar refractivity (Wildman–Crippen MR) is 179 cm³/mol. The summed E-state index contributed by atoms with van der Waals surface area (Å²) in [5, 5.41) is 9.58. The molecule has 0 radical (unpaired) electrons. The molecule has 2 aliphatic carbocycles. The summed E-state index contributed by atoms with van der Waals surface area (Å²) in [7, 11) is 0. The number of ether oxygens (including phenoxy) is 1. The molecule has 45 heavy (non-hydrogen) atoms. The molecule has 1 aliphatic heterocycles. The number of imidazole rings is 2. The third-order valence-electron chi connectivity index (χ3n) is 9.24. The van der Waals surface area contributed by atoms with Gasteiger partial charge in [-0.15, -0.1) is 0 Å². The van der Waals surface area contributed by atoms with E-state index in [4.69, 9.17) is 26.2 Å². The molecule has 7 rings (SSSR count). The molecule has 5 N–H and O–H groups in total. The normalized spacial score (nSPS) is 17.1. The average Bonchev–Trinajstić information content (AvgIpc) is 3.57. The van der Waals surface area contributed by atoms with Crippen LogP contribution in [-0.2, 0) is 56.7 Å². The van der Waals surface area contributed by atoms with Crippen LogP contribution in [0.5, 0.6) is 0 Å². The number of nitrogens with zero attached hydrogens (tertiary/aromatic N) is 7. The quantitative estimate of drug-likeness (QED) is 0.274. The summed E-state index contributed by atoms with van der Waals surface area (Å²) in [4.78, 5) is 21.1. The van der Waals surface area contributed by atoms with E-state index in [0.717, 1.165) is 99.7 Å². The van der Waals surface area contributed by atoms with Gasteiger partial charge in [0.05, 0.1) is 30.8 Å². The Kier molecular flexibility index (Phi) is 9.58. The summed E-state index contributed by atoms with van der Waals surface area (Å²) in [5.74, 6) is 3.97. The molecular weight excluding hydrogens is 566 g/mol. The van der Waals surface area contributed by atoms with E-state index in [9.17, 15) is 5.11 Å². The van der Waals surface area contributed by atoms with Gasteiger partial charge in [-0.05, 0) is 74.3 Å². The zero-order valence-electron chi connectivity index (χ0n) is 27.6. The van der Waals surface area contributed by atoms with E-state index in [1.807, 2.05) is 0 Å². The Morgan fingerprint density at radius 3 is 1.64 bits per heavy atom. The highest BCUT2D eigenvalue weighted by atomic mass is 16.5. The minimum absolute atomic E-state index is 0.0599. The van der Waals surface area contributed by atoms with Crippen molar-refractivity contribution < 1.29 is 9.84 Å². The van der Waals surface area contributed by atoms with E-state index >= 15 is 0 Å². The fourth-order valence-corrected chi connectivity index (χ4v) is 7.22. The van der Waals surface area contributed by atoms with Crippen molar-refractivity contribution in [3.8, 4) is 0 Å². The van der Waals surface area contributed by atoms with E-state index < -0.39 is 0 Å². The number of rotatable bonds is 7. The fourth-order valence-electron chi connectivity index (χ4n) is 7.22. The molecule has 4 aromatic heterocycles. The maximum absolute atomic E-state index is 9.58. The number of nitrogen functional groups attached to an aromatic ring is 2. The van der Waals surface area contributed by atoms with Crippen molar-refractivity contribution in [2.75, 3.05) is 37.8 Å². The number of nitrogens with two attached hydrogens (primary N) is 2. The second kappa shape index (κ2) is 13.6. The van der Waals surface area contributed by atoms with E-state index in [1.165, 1.54) is 48.0 Å². The highest BCUT2D eigenvalue weighted by molar-refractivity contribution is 5.90. The molecule has 0 spiro atoms. The summed E-state index contributed by atoms with van der Waals surface area (Å²) in [6.45, 7) is 15.1. The summed E-state index contributed by atoms with van der Waals surface area (Å²) >= 11 is 0. The Balaban J connectivity index is 0.000000163. The van der Waals surface area contributed by atoms with Crippen LogP contribution in [0.1, 0.15) is 87.5 Å². The van der Waals surface area contributed by atoms with Gasteiger partial charge in [0.1, 0.15) is 29.3 Å². The van der Waals surface area contributed by atoms with E-state index in [0.29, 0.717) is 29.3 Å². The molecule has 244 valence electrons. The van der Waals surface area contributed by atoms with Gasteiger partial charge in [-0.2, -0.15) is 0 Å². The number of fused-ring (bicyclic) bond motifs is 6. The first kappa shape index (κ1) is 31.7. The van der Waals surface area contributed by atoms with Crippen LogP contribution in [0.4, 0.5) is 11.6 Å². The minimum atomic E-state index is -0.0599. The van der Waals surface area contributed by atoms with Crippen LogP contribution in [0.3, 0.4) is 0 Å². The third kappa shape index (κ3) is 6.53. The lowest BCUT2D eigenvalue weighted by atomic mass is 9.94. The van der Waals surface area contributed by atoms with Gasteiger partial charge in [-0.3, -0.25) is 4.90 Å². The summed E-state index contributed by atoms with van der Waals surface area (Å²) in [6.07, 6.45) is 8.99. The molecule has 0 aromatic carbocycles. The zero-order valence-corrected chi connectivity index (χ0v) is 27.6. The van der Waals surface area contributed by atoms with Crippen LogP contribution in [0, 0.1) is 11.8 Å². The number of morpholine rings is 1. The lowest BCUT2D eigenvalue weighted by Crippen LogP contribution is -2.36. The Labute approximate surface area is 266 Å². The lowest BCUT2D eigenvalue weighted by molar-refractivity contribution is 0.0326. The van der Waals surface area contributed by atoms with Crippen LogP contribution in [0.2, 0.25) is 0 Å². The molecule has 1 fully saturated rings. The molecule has 3 aliphatic rings. The van der Waals surface area contributed by atoms with Crippen molar-refractivity contribution in [3.05, 3.63) is 34.2 Å². The summed E-state index contributed by atoms with van der Waals surface area (Å²) in [5.41, 5.74) is 21.4. The Morgan fingerprint density at radius 1 is 0.689 bits per heavy atom. The predicted octanol–water partition coefficient (Wildman–Crippen LogP) is 4.42. The second-order valence-corrected chi connectivity index (χ2v) is 13.8. The van der Waals surface area contributed by atoms with Crippen molar-refractivity contribution >= 4 is 33.7 Å².